The molecule has 1 N–H and O–H groups in total. The number of rotatable bonds is 3. The van der Waals surface area contributed by atoms with Crippen molar-refractivity contribution in [2.45, 2.75) is 12.8 Å². The van der Waals surface area contributed by atoms with E-state index in [0.29, 0.717) is 17.2 Å². The van der Waals surface area contributed by atoms with E-state index in [1.54, 1.807) is 21.3 Å². The molecule has 0 aromatic heterocycles. The van der Waals surface area contributed by atoms with E-state index in [9.17, 15) is 5.11 Å². The zero-order valence-electron chi connectivity index (χ0n) is 15.3. The van der Waals surface area contributed by atoms with Gasteiger partial charge >= 0.3 is 0 Å². The van der Waals surface area contributed by atoms with Crippen LogP contribution < -0.4 is 14.2 Å². The van der Waals surface area contributed by atoms with Crippen LogP contribution in [-0.4, -0.2) is 51.5 Å². The van der Waals surface area contributed by atoms with E-state index in [-0.39, 0.29) is 5.75 Å². The molecule has 0 spiro atoms. The van der Waals surface area contributed by atoms with Crippen LogP contribution >= 0.6 is 0 Å². The minimum Gasteiger partial charge on any atom is -0.507 e. The third-order valence-electron chi connectivity index (χ3n) is 4.85. The second-order valence-electron chi connectivity index (χ2n) is 6.32. The van der Waals surface area contributed by atoms with Gasteiger partial charge in [-0.3, -0.25) is 0 Å². The van der Waals surface area contributed by atoms with Crippen LogP contribution in [0.3, 0.4) is 0 Å². The number of phenols is 1. The number of benzene rings is 2. The minimum absolute atomic E-state index is 0.281. The molecule has 0 aliphatic carbocycles. The molecule has 0 saturated heterocycles. The van der Waals surface area contributed by atoms with Crippen LogP contribution in [0.5, 0.6) is 23.0 Å². The molecular weight excluding hydrogens is 318 g/mol. The van der Waals surface area contributed by atoms with Crippen molar-refractivity contribution in [1.82, 2.24) is 4.90 Å². The molecule has 2 bridgehead atoms. The molecule has 25 heavy (non-hydrogen) atoms. The van der Waals surface area contributed by atoms with Crippen LogP contribution in [0.25, 0.3) is 11.1 Å². The summed E-state index contributed by atoms with van der Waals surface area (Å²) in [7, 11) is 6.97. The number of phenolic OH excluding ortho intramolecular Hbond substituents is 1. The van der Waals surface area contributed by atoms with Crippen molar-refractivity contribution in [3.63, 3.8) is 0 Å². The van der Waals surface area contributed by atoms with Crippen molar-refractivity contribution in [2.24, 2.45) is 0 Å². The first kappa shape index (κ1) is 17.4. The number of methoxy groups -OCH3 is 3. The van der Waals surface area contributed by atoms with Crippen molar-refractivity contribution < 1.29 is 19.3 Å². The fourth-order valence-electron chi connectivity index (χ4n) is 3.34. The normalized spacial score (nSPS) is 14.6. The Balaban J connectivity index is 2.30. The van der Waals surface area contributed by atoms with Gasteiger partial charge in [0, 0.05) is 13.1 Å². The van der Waals surface area contributed by atoms with Gasteiger partial charge in [-0.25, -0.2) is 0 Å². The summed E-state index contributed by atoms with van der Waals surface area (Å²) < 4.78 is 16.5. The monoisotopic (exact) mass is 343 g/mol. The molecule has 2 aromatic rings. The molecule has 0 saturated carbocycles. The van der Waals surface area contributed by atoms with Crippen molar-refractivity contribution in [2.75, 3.05) is 41.5 Å². The molecule has 1 heterocycles. The minimum atomic E-state index is 0.281. The summed E-state index contributed by atoms with van der Waals surface area (Å²) in [4.78, 5) is 2.27. The average molecular weight is 343 g/mol. The Morgan fingerprint density at radius 2 is 1.44 bits per heavy atom. The lowest BCUT2D eigenvalue weighted by Gasteiger charge is -2.24. The van der Waals surface area contributed by atoms with Crippen LogP contribution in [0.2, 0.25) is 0 Å². The first-order valence-corrected chi connectivity index (χ1v) is 8.41. The van der Waals surface area contributed by atoms with Crippen LogP contribution in [0.4, 0.5) is 0 Å². The summed E-state index contributed by atoms with van der Waals surface area (Å²) in [6.07, 6.45) is 1.64. The lowest BCUT2D eigenvalue weighted by Crippen LogP contribution is -2.24. The van der Waals surface area contributed by atoms with Crippen molar-refractivity contribution in [3.8, 4) is 34.1 Å². The number of fused-ring (bicyclic) bond motifs is 4. The van der Waals surface area contributed by atoms with E-state index in [1.165, 1.54) is 0 Å². The van der Waals surface area contributed by atoms with Gasteiger partial charge in [0.05, 0.1) is 26.9 Å². The Morgan fingerprint density at radius 1 is 0.840 bits per heavy atom. The second-order valence-corrected chi connectivity index (χ2v) is 6.32. The van der Waals surface area contributed by atoms with Gasteiger partial charge in [-0.2, -0.15) is 0 Å². The highest BCUT2D eigenvalue weighted by Crippen LogP contribution is 2.45. The highest BCUT2D eigenvalue weighted by Gasteiger charge is 2.22. The third-order valence-corrected chi connectivity index (χ3v) is 4.85. The molecule has 5 heteroatoms. The van der Waals surface area contributed by atoms with E-state index in [0.717, 1.165) is 48.2 Å². The van der Waals surface area contributed by atoms with Gasteiger partial charge in [0.15, 0.2) is 11.5 Å². The Hall–Kier alpha value is -2.40. The first-order chi connectivity index (χ1) is 12.1. The fourth-order valence-corrected chi connectivity index (χ4v) is 3.34. The first-order valence-electron chi connectivity index (χ1n) is 8.41. The van der Waals surface area contributed by atoms with Crippen molar-refractivity contribution in [3.05, 3.63) is 35.4 Å². The maximum Gasteiger partial charge on any atom is 0.161 e. The van der Waals surface area contributed by atoms with Gasteiger partial charge in [-0.1, -0.05) is 6.07 Å². The van der Waals surface area contributed by atoms with E-state index < -0.39 is 0 Å². The van der Waals surface area contributed by atoms with Crippen molar-refractivity contribution >= 4 is 0 Å². The summed E-state index contributed by atoms with van der Waals surface area (Å²) in [5, 5.41) is 10.9. The summed E-state index contributed by atoms with van der Waals surface area (Å²) >= 11 is 0. The fraction of sp³-hybridized carbons (Fsp3) is 0.400. The Kier molecular flexibility index (Phi) is 5.04. The second kappa shape index (κ2) is 7.23. The molecule has 1 aliphatic rings. The molecule has 3 rings (SSSR count). The Bertz CT molecular complexity index is 773. The largest absolute Gasteiger partial charge is 0.507 e. The number of hydrogen-bond donors (Lipinski definition) is 1. The lowest BCUT2D eigenvalue weighted by atomic mass is 9.92. The molecule has 0 amide bonds. The molecule has 134 valence electrons. The number of nitrogens with zero attached hydrogens (tertiary/aromatic N) is 1. The van der Waals surface area contributed by atoms with Gasteiger partial charge in [-0.05, 0) is 54.8 Å². The molecular formula is C20H25NO4. The highest BCUT2D eigenvalue weighted by molar-refractivity contribution is 5.82. The molecule has 0 unspecified atom stereocenters. The Morgan fingerprint density at radius 3 is 2.08 bits per heavy atom. The standard InChI is InChI=1S/C20H25NO4/c1-21-9-7-13-5-6-16(23-2)19(20(13)22)15-12-18(25-4)17(24-3)11-14(15)8-10-21/h5-6,11-12,22H,7-10H2,1-4H3. The van der Waals surface area contributed by atoms with Crippen LogP contribution in [0.15, 0.2) is 24.3 Å². The van der Waals surface area contributed by atoms with Gasteiger partial charge in [-0.15, -0.1) is 0 Å². The maximum absolute atomic E-state index is 10.9. The third kappa shape index (κ3) is 3.24. The molecule has 2 aromatic carbocycles. The van der Waals surface area contributed by atoms with E-state index in [2.05, 4.69) is 11.9 Å². The SMILES string of the molecule is COc1cc2c(cc1OC)-c1c(OC)ccc(c1O)CCN(C)CC2. The number of aromatic hydroxyl groups is 1. The average Bonchev–Trinajstić information content (AvgIpc) is 2.63. The number of likely N-dealkylation sites (N-methyl/N-ethyl adjacent to an activating group) is 1. The summed E-state index contributed by atoms with van der Waals surface area (Å²) in [5.41, 5.74) is 3.66. The van der Waals surface area contributed by atoms with Crippen molar-refractivity contribution in [1.29, 1.82) is 0 Å². The van der Waals surface area contributed by atoms with Gasteiger partial charge in [0.2, 0.25) is 0 Å². The van der Waals surface area contributed by atoms with E-state index in [1.807, 2.05) is 24.3 Å². The van der Waals surface area contributed by atoms with Crippen LogP contribution in [0.1, 0.15) is 11.1 Å². The smallest absolute Gasteiger partial charge is 0.161 e. The van der Waals surface area contributed by atoms with E-state index in [4.69, 9.17) is 14.2 Å². The molecule has 1 aliphatic heterocycles. The molecule has 0 fully saturated rings. The highest BCUT2D eigenvalue weighted by atomic mass is 16.5. The topological polar surface area (TPSA) is 51.2 Å². The Labute approximate surface area is 148 Å². The van der Waals surface area contributed by atoms with Crippen LogP contribution in [0, 0.1) is 0 Å². The van der Waals surface area contributed by atoms with Gasteiger partial charge < -0.3 is 24.2 Å². The molecule has 0 radical (unpaired) electrons. The predicted molar refractivity (Wildman–Crippen MR) is 98.1 cm³/mol. The number of ether oxygens (including phenoxy) is 3. The predicted octanol–water partition coefficient (Wildman–Crippen LogP) is 3.12. The zero-order chi connectivity index (χ0) is 18.0. The summed E-state index contributed by atoms with van der Waals surface area (Å²) in [6, 6.07) is 7.78. The summed E-state index contributed by atoms with van der Waals surface area (Å²) in [5.74, 6) is 2.26. The summed E-state index contributed by atoms with van der Waals surface area (Å²) in [6.45, 7) is 1.82. The van der Waals surface area contributed by atoms with Gasteiger partial charge in [0.25, 0.3) is 0 Å². The van der Waals surface area contributed by atoms with Crippen LogP contribution in [-0.2, 0) is 12.8 Å². The number of hydrogen-bond acceptors (Lipinski definition) is 5. The molecule has 0 atom stereocenters. The quantitative estimate of drug-likeness (QED) is 0.928. The molecule has 5 nitrogen and oxygen atoms in total. The zero-order valence-corrected chi connectivity index (χ0v) is 15.3. The lowest BCUT2D eigenvalue weighted by molar-refractivity contribution is 0.337. The van der Waals surface area contributed by atoms with Gasteiger partial charge in [0.1, 0.15) is 11.5 Å². The van der Waals surface area contributed by atoms with E-state index >= 15 is 0 Å². The maximum atomic E-state index is 10.9.